The van der Waals surface area contributed by atoms with Crippen molar-refractivity contribution in [3.63, 3.8) is 0 Å². The van der Waals surface area contributed by atoms with E-state index in [0.717, 1.165) is 6.42 Å². The average molecular weight is 402 g/mol. The molecule has 2 aliphatic rings. The van der Waals surface area contributed by atoms with E-state index in [-0.39, 0.29) is 11.7 Å². The predicted molar refractivity (Wildman–Crippen MR) is 98.2 cm³/mol. The maximum Gasteiger partial charge on any atom is 0.326 e. The zero-order valence-electron chi connectivity index (χ0n) is 14.9. The molecule has 0 aromatic heterocycles. The summed E-state index contributed by atoms with van der Waals surface area (Å²) in [7, 11) is 0. The van der Waals surface area contributed by atoms with E-state index in [9.17, 15) is 29.4 Å². The number of aliphatic hydroxyl groups is 1. The van der Waals surface area contributed by atoms with E-state index >= 15 is 0 Å². The zero-order valence-corrected chi connectivity index (χ0v) is 15.8. The number of carbonyl (C=O) groups is 4. The van der Waals surface area contributed by atoms with Crippen molar-refractivity contribution in [1.82, 2.24) is 20.9 Å². The third-order valence-electron chi connectivity index (χ3n) is 4.81. The summed E-state index contributed by atoms with van der Waals surface area (Å²) in [6, 6.07) is -3.58. The Balaban J connectivity index is 1.96. The Kier molecular flexibility index (Phi) is 7.87. The van der Waals surface area contributed by atoms with Crippen LogP contribution in [0.25, 0.3) is 0 Å². The Morgan fingerprint density at radius 3 is 2.44 bits per heavy atom. The minimum Gasteiger partial charge on any atom is -0.480 e. The average Bonchev–Trinajstić information content (AvgIpc) is 3.34. The molecule has 0 spiro atoms. The molecule has 2 aliphatic heterocycles. The van der Waals surface area contributed by atoms with Crippen LogP contribution in [0.2, 0.25) is 0 Å². The Morgan fingerprint density at radius 2 is 1.89 bits per heavy atom. The third kappa shape index (κ3) is 5.33. The molecule has 0 unspecified atom stereocenters. The van der Waals surface area contributed by atoms with Gasteiger partial charge in [0.2, 0.25) is 17.7 Å². The number of likely N-dealkylation sites (tertiary alicyclic amines) is 1. The monoisotopic (exact) mass is 402 g/mol. The van der Waals surface area contributed by atoms with Gasteiger partial charge in [-0.2, -0.15) is 12.6 Å². The van der Waals surface area contributed by atoms with Crippen LogP contribution in [-0.2, 0) is 19.2 Å². The quantitative estimate of drug-likeness (QED) is 0.250. The van der Waals surface area contributed by atoms with Crippen molar-refractivity contribution >= 4 is 36.3 Å². The SMILES string of the molecule is O=C(N[C@@H](CO)C(=O)N[C@@H](CS)C(=O)N1CCC[C@H]1C(=O)O)[C@@H]1CCCN1. The van der Waals surface area contributed by atoms with E-state index in [0.29, 0.717) is 32.4 Å². The molecule has 3 amide bonds. The Morgan fingerprint density at radius 1 is 1.15 bits per heavy atom. The molecular weight excluding hydrogens is 376 g/mol. The normalized spacial score (nSPS) is 24.3. The molecule has 2 saturated heterocycles. The van der Waals surface area contributed by atoms with Crippen LogP contribution >= 0.6 is 12.6 Å². The number of hydrogen-bond donors (Lipinski definition) is 6. The standard InChI is InChI=1S/C16H26N4O6S/c21-7-10(18-13(22)9-3-1-5-17-9)14(23)19-11(8-27)15(24)20-6-2-4-12(20)16(25)26/h9-12,17,21,27H,1-8H2,(H,18,22)(H,19,23)(H,25,26)/t9-,10-,11-,12-/m0/s1. The van der Waals surface area contributed by atoms with Crippen molar-refractivity contribution < 1.29 is 29.4 Å². The van der Waals surface area contributed by atoms with Crippen LogP contribution in [0.4, 0.5) is 0 Å². The van der Waals surface area contributed by atoms with Crippen LogP contribution < -0.4 is 16.0 Å². The summed E-state index contributed by atoms with van der Waals surface area (Å²) in [6.45, 7) is 0.383. The number of amides is 3. The zero-order chi connectivity index (χ0) is 20.0. The fourth-order valence-electron chi connectivity index (χ4n) is 3.32. The molecule has 0 bridgehead atoms. The van der Waals surface area contributed by atoms with Crippen molar-refractivity contribution in [3.8, 4) is 0 Å². The molecule has 152 valence electrons. The molecule has 4 atom stereocenters. The van der Waals surface area contributed by atoms with Gasteiger partial charge in [0.15, 0.2) is 0 Å². The van der Waals surface area contributed by atoms with Gasteiger partial charge in [0, 0.05) is 12.3 Å². The molecule has 0 aliphatic carbocycles. The Hall–Kier alpha value is -1.85. The van der Waals surface area contributed by atoms with Crippen LogP contribution in [0, 0.1) is 0 Å². The summed E-state index contributed by atoms with van der Waals surface area (Å²) >= 11 is 4.07. The summed E-state index contributed by atoms with van der Waals surface area (Å²) in [6.07, 6.45) is 2.43. The van der Waals surface area contributed by atoms with E-state index in [1.165, 1.54) is 4.90 Å². The summed E-state index contributed by atoms with van der Waals surface area (Å²) < 4.78 is 0. The van der Waals surface area contributed by atoms with Crippen LogP contribution in [0.1, 0.15) is 25.7 Å². The molecule has 5 N–H and O–H groups in total. The van der Waals surface area contributed by atoms with Gasteiger partial charge < -0.3 is 31.1 Å². The van der Waals surface area contributed by atoms with Gasteiger partial charge in [-0.05, 0) is 32.2 Å². The molecule has 2 fully saturated rings. The Bertz CT molecular complexity index is 583. The van der Waals surface area contributed by atoms with Gasteiger partial charge in [-0.1, -0.05) is 0 Å². The maximum atomic E-state index is 12.6. The second kappa shape index (κ2) is 9.90. The molecule has 0 aromatic carbocycles. The van der Waals surface area contributed by atoms with Gasteiger partial charge in [0.05, 0.1) is 12.6 Å². The lowest BCUT2D eigenvalue weighted by molar-refractivity contribution is -0.149. The molecular formula is C16H26N4O6S. The first-order valence-electron chi connectivity index (χ1n) is 8.98. The number of hydrogen-bond acceptors (Lipinski definition) is 7. The molecule has 2 heterocycles. The van der Waals surface area contributed by atoms with Gasteiger partial charge in [0.1, 0.15) is 18.1 Å². The number of nitrogens with one attached hydrogen (secondary N) is 3. The van der Waals surface area contributed by atoms with E-state index < -0.39 is 48.6 Å². The highest BCUT2D eigenvalue weighted by atomic mass is 32.1. The number of rotatable bonds is 8. The second-order valence-electron chi connectivity index (χ2n) is 6.66. The summed E-state index contributed by atoms with van der Waals surface area (Å²) in [4.78, 5) is 49.6. The molecule has 27 heavy (non-hydrogen) atoms. The van der Waals surface area contributed by atoms with E-state index in [1.54, 1.807) is 0 Å². The van der Waals surface area contributed by atoms with E-state index in [4.69, 9.17) is 0 Å². The van der Waals surface area contributed by atoms with E-state index in [2.05, 4.69) is 28.6 Å². The van der Waals surface area contributed by atoms with Gasteiger partial charge in [-0.25, -0.2) is 4.79 Å². The molecule has 0 radical (unpaired) electrons. The summed E-state index contributed by atoms with van der Waals surface area (Å²) in [5.41, 5.74) is 0. The Labute approximate surface area is 162 Å². The van der Waals surface area contributed by atoms with Crippen molar-refractivity contribution in [2.45, 2.75) is 49.9 Å². The number of thiol groups is 1. The topological polar surface area (TPSA) is 148 Å². The van der Waals surface area contributed by atoms with Crippen LogP contribution in [0.15, 0.2) is 0 Å². The summed E-state index contributed by atoms with van der Waals surface area (Å²) in [5.74, 6) is -2.77. The highest BCUT2D eigenvalue weighted by molar-refractivity contribution is 7.80. The largest absolute Gasteiger partial charge is 0.480 e. The van der Waals surface area contributed by atoms with Gasteiger partial charge in [-0.15, -0.1) is 0 Å². The van der Waals surface area contributed by atoms with Crippen LogP contribution in [0.5, 0.6) is 0 Å². The van der Waals surface area contributed by atoms with Gasteiger partial charge >= 0.3 is 5.97 Å². The lowest BCUT2D eigenvalue weighted by Gasteiger charge is -2.27. The number of aliphatic hydroxyl groups excluding tert-OH is 1. The second-order valence-corrected chi connectivity index (χ2v) is 7.03. The van der Waals surface area contributed by atoms with Crippen LogP contribution in [0.3, 0.4) is 0 Å². The molecule has 0 aromatic rings. The van der Waals surface area contributed by atoms with Crippen molar-refractivity contribution in [3.05, 3.63) is 0 Å². The predicted octanol–water partition coefficient (Wildman–Crippen LogP) is -2.29. The smallest absolute Gasteiger partial charge is 0.326 e. The molecule has 0 saturated carbocycles. The fourth-order valence-corrected chi connectivity index (χ4v) is 3.57. The van der Waals surface area contributed by atoms with Crippen molar-refractivity contribution in [1.29, 1.82) is 0 Å². The minimum atomic E-state index is -1.20. The van der Waals surface area contributed by atoms with Crippen LogP contribution in [-0.4, -0.2) is 88.4 Å². The summed E-state index contributed by atoms with van der Waals surface area (Å²) in [5, 5.41) is 26.6. The highest BCUT2D eigenvalue weighted by Crippen LogP contribution is 2.18. The van der Waals surface area contributed by atoms with Gasteiger partial charge in [0.25, 0.3) is 0 Å². The fraction of sp³-hybridized carbons (Fsp3) is 0.750. The number of carboxylic acid groups (broad SMARTS) is 1. The third-order valence-corrected chi connectivity index (χ3v) is 5.18. The number of carbonyl (C=O) groups excluding carboxylic acids is 3. The molecule has 2 rings (SSSR count). The highest BCUT2D eigenvalue weighted by Gasteiger charge is 2.38. The number of nitrogens with zero attached hydrogens (tertiary/aromatic N) is 1. The molecule has 10 nitrogen and oxygen atoms in total. The number of carboxylic acids is 1. The van der Waals surface area contributed by atoms with Gasteiger partial charge in [-0.3, -0.25) is 14.4 Å². The maximum absolute atomic E-state index is 12.6. The molecule has 11 heteroatoms. The van der Waals surface area contributed by atoms with E-state index in [1.807, 2.05) is 0 Å². The first-order chi connectivity index (χ1) is 12.9. The lowest BCUT2D eigenvalue weighted by atomic mass is 10.1. The first-order valence-corrected chi connectivity index (χ1v) is 9.61. The lowest BCUT2D eigenvalue weighted by Crippen LogP contribution is -2.58. The number of aliphatic carboxylic acids is 1. The minimum absolute atomic E-state index is 0.0380. The first kappa shape index (κ1) is 21.5. The van der Waals surface area contributed by atoms with Crippen molar-refractivity contribution in [2.75, 3.05) is 25.4 Å². The van der Waals surface area contributed by atoms with Crippen molar-refractivity contribution in [2.24, 2.45) is 0 Å².